The molecule has 2 aliphatic heterocycles. The number of amides is 2. The van der Waals surface area contributed by atoms with Crippen LogP contribution in [0.3, 0.4) is 0 Å². The first-order chi connectivity index (χ1) is 10.9. The first-order valence-electron chi connectivity index (χ1n) is 7.38. The van der Waals surface area contributed by atoms with Crippen molar-refractivity contribution < 1.29 is 9.59 Å². The van der Waals surface area contributed by atoms with Gasteiger partial charge in [-0.3, -0.25) is 9.59 Å². The van der Waals surface area contributed by atoms with Crippen LogP contribution >= 0.6 is 34.8 Å². The summed E-state index contributed by atoms with van der Waals surface area (Å²) in [5.74, 6) is -0.474. The molecule has 2 amide bonds. The topological polar surface area (TPSA) is 40.6 Å². The highest BCUT2D eigenvalue weighted by Gasteiger charge is 2.42. The van der Waals surface area contributed by atoms with E-state index in [0.29, 0.717) is 16.6 Å². The van der Waals surface area contributed by atoms with Crippen LogP contribution in [0.4, 0.5) is 5.69 Å². The minimum absolute atomic E-state index is 0.0322. The van der Waals surface area contributed by atoms with Crippen molar-refractivity contribution in [1.29, 1.82) is 0 Å². The van der Waals surface area contributed by atoms with Gasteiger partial charge in [0, 0.05) is 13.1 Å². The van der Waals surface area contributed by atoms with Gasteiger partial charge in [0.15, 0.2) is 0 Å². The van der Waals surface area contributed by atoms with E-state index in [-0.39, 0.29) is 15.8 Å². The number of piperidine rings is 1. The third-order valence-electron chi connectivity index (χ3n) is 4.14. The third-order valence-corrected chi connectivity index (χ3v) is 5.22. The maximum absolute atomic E-state index is 12.8. The fraction of sp³-hybridized carbons (Fsp3) is 0.375. The minimum atomic E-state index is -0.525. The van der Waals surface area contributed by atoms with Crippen molar-refractivity contribution in [2.75, 3.05) is 18.0 Å². The number of benzene rings is 1. The van der Waals surface area contributed by atoms with Gasteiger partial charge in [-0.05, 0) is 37.0 Å². The van der Waals surface area contributed by atoms with Gasteiger partial charge in [0.1, 0.15) is 10.7 Å². The molecule has 7 heteroatoms. The van der Waals surface area contributed by atoms with Gasteiger partial charge in [-0.25, -0.2) is 4.90 Å². The Morgan fingerprint density at radius 1 is 1.09 bits per heavy atom. The molecule has 0 spiro atoms. The number of carbonyl (C=O) groups is 2. The molecular formula is C16H15Cl3N2O2. The lowest BCUT2D eigenvalue weighted by Gasteiger charge is -2.33. The number of carbonyl (C=O) groups excluding carboxylic acids is 2. The Labute approximate surface area is 149 Å². The number of nitrogens with zero attached hydrogens (tertiary/aromatic N) is 2. The van der Waals surface area contributed by atoms with Crippen LogP contribution in [0.5, 0.6) is 0 Å². The van der Waals surface area contributed by atoms with Crippen LogP contribution in [0.1, 0.15) is 19.8 Å². The van der Waals surface area contributed by atoms with Gasteiger partial charge in [0.2, 0.25) is 0 Å². The lowest BCUT2D eigenvalue weighted by Crippen LogP contribution is -2.39. The smallest absolute Gasteiger partial charge is 0.283 e. The lowest BCUT2D eigenvalue weighted by molar-refractivity contribution is -0.121. The average molecular weight is 374 g/mol. The lowest BCUT2D eigenvalue weighted by atomic mass is 10.00. The Hall–Kier alpha value is -1.23. The molecule has 0 unspecified atom stereocenters. The molecule has 4 nitrogen and oxygen atoms in total. The molecule has 1 atom stereocenters. The fourth-order valence-electron chi connectivity index (χ4n) is 3.02. The number of hydrogen-bond acceptors (Lipinski definition) is 3. The molecule has 0 aliphatic carbocycles. The van der Waals surface area contributed by atoms with Crippen molar-refractivity contribution in [3.8, 4) is 0 Å². The SMILES string of the molecule is C[C@@H]1CCCN(C2=C(Cl)C(=O)N(c3ccc(Cl)c(Cl)c3)C2=O)C1. The maximum Gasteiger partial charge on any atom is 0.283 e. The first kappa shape index (κ1) is 16.6. The zero-order chi connectivity index (χ0) is 16.7. The molecule has 0 saturated carbocycles. The van der Waals surface area contributed by atoms with E-state index in [1.807, 2.05) is 4.90 Å². The summed E-state index contributed by atoms with van der Waals surface area (Å²) >= 11 is 18.1. The second-order valence-electron chi connectivity index (χ2n) is 5.90. The van der Waals surface area contributed by atoms with Crippen LogP contribution in [0, 0.1) is 5.92 Å². The van der Waals surface area contributed by atoms with E-state index < -0.39 is 11.8 Å². The molecule has 3 rings (SSSR count). The Morgan fingerprint density at radius 3 is 2.48 bits per heavy atom. The number of anilines is 1. The van der Waals surface area contributed by atoms with E-state index in [1.54, 1.807) is 12.1 Å². The Bertz CT molecular complexity index is 717. The zero-order valence-corrected chi connectivity index (χ0v) is 14.8. The summed E-state index contributed by atoms with van der Waals surface area (Å²) in [6, 6.07) is 4.62. The maximum atomic E-state index is 12.8. The van der Waals surface area contributed by atoms with Crippen LogP contribution in [-0.2, 0) is 9.59 Å². The van der Waals surface area contributed by atoms with Crippen LogP contribution < -0.4 is 4.90 Å². The van der Waals surface area contributed by atoms with E-state index >= 15 is 0 Å². The highest BCUT2D eigenvalue weighted by atomic mass is 35.5. The summed E-state index contributed by atoms with van der Waals surface area (Å²) in [7, 11) is 0. The second kappa shape index (κ2) is 6.34. The molecule has 23 heavy (non-hydrogen) atoms. The van der Waals surface area contributed by atoms with Crippen molar-refractivity contribution in [3.05, 3.63) is 39.0 Å². The molecule has 1 aromatic carbocycles. The van der Waals surface area contributed by atoms with Gasteiger partial charge in [-0.15, -0.1) is 0 Å². The molecule has 0 aromatic heterocycles. The van der Waals surface area contributed by atoms with Gasteiger partial charge in [-0.1, -0.05) is 41.7 Å². The van der Waals surface area contributed by atoms with Crippen LogP contribution in [-0.4, -0.2) is 29.8 Å². The van der Waals surface area contributed by atoms with Gasteiger partial charge in [0.25, 0.3) is 11.8 Å². The quantitative estimate of drug-likeness (QED) is 0.734. The normalized spacial score (nSPS) is 22.3. The first-order valence-corrected chi connectivity index (χ1v) is 8.52. The summed E-state index contributed by atoms with van der Waals surface area (Å²) < 4.78 is 0. The van der Waals surface area contributed by atoms with E-state index in [0.717, 1.165) is 30.8 Å². The van der Waals surface area contributed by atoms with Gasteiger partial charge >= 0.3 is 0 Å². The van der Waals surface area contributed by atoms with E-state index in [9.17, 15) is 9.59 Å². The van der Waals surface area contributed by atoms with E-state index in [4.69, 9.17) is 34.8 Å². The number of hydrogen-bond donors (Lipinski definition) is 0. The predicted octanol–water partition coefficient (Wildman–Crippen LogP) is 4.05. The van der Waals surface area contributed by atoms with E-state index in [1.165, 1.54) is 6.07 Å². The summed E-state index contributed by atoms with van der Waals surface area (Å²) in [5.41, 5.74) is 0.655. The van der Waals surface area contributed by atoms with Crippen molar-refractivity contribution in [1.82, 2.24) is 4.90 Å². The second-order valence-corrected chi connectivity index (χ2v) is 7.09. The summed E-state index contributed by atoms with van der Waals surface area (Å²) in [6.07, 6.45) is 2.09. The Balaban J connectivity index is 1.93. The Kier molecular flexibility index (Phi) is 4.59. The van der Waals surface area contributed by atoms with Crippen LogP contribution in [0.25, 0.3) is 0 Å². The Morgan fingerprint density at radius 2 is 1.83 bits per heavy atom. The fourth-order valence-corrected chi connectivity index (χ4v) is 3.59. The minimum Gasteiger partial charge on any atom is -0.365 e. The highest BCUT2D eigenvalue weighted by Crippen LogP contribution is 2.35. The summed E-state index contributed by atoms with van der Waals surface area (Å²) in [6.45, 7) is 3.57. The van der Waals surface area contributed by atoms with Crippen LogP contribution in [0.15, 0.2) is 28.9 Å². The molecular weight excluding hydrogens is 359 g/mol. The van der Waals surface area contributed by atoms with Crippen molar-refractivity contribution in [2.24, 2.45) is 5.92 Å². The molecule has 2 aliphatic rings. The van der Waals surface area contributed by atoms with Crippen molar-refractivity contribution in [3.63, 3.8) is 0 Å². The average Bonchev–Trinajstić information content (AvgIpc) is 2.72. The van der Waals surface area contributed by atoms with Gasteiger partial charge < -0.3 is 4.90 Å². The number of halogens is 3. The van der Waals surface area contributed by atoms with E-state index in [2.05, 4.69) is 6.92 Å². The molecule has 1 saturated heterocycles. The molecule has 0 N–H and O–H groups in total. The molecule has 122 valence electrons. The number of rotatable bonds is 2. The van der Waals surface area contributed by atoms with Crippen molar-refractivity contribution >= 4 is 52.3 Å². The third kappa shape index (κ3) is 2.95. The number of imide groups is 1. The summed E-state index contributed by atoms with van der Waals surface area (Å²) in [5, 5.41) is 0.606. The molecule has 0 bridgehead atoms. The van der Waals surface area contributed by atoms with Gasteiger partial charge in [0.05, 0.1) is 15.7 Å². The monoisotopic (exact) mass is 372 g/mol. The molecule has 0 radical (unpaired) electrons. The molecule has 2 heterocycles. The largest absolute Gasteiger partial charge is 0.365 e. The molecule has 1 fully saturated rings. The standard InChI is InChI=1S/C16H15Cl3N2O2/c1-9-3-2-6-20(8-9)14-13(19)15(22)21(16(14)23)10-4-5-11(17)12(18)7-10/h4-5,7,9H,2-3,6,8H2,1H3/t9-/m1/s1. The van der Waals surface area contributed by atoms with Crippen LogP contribution in [0.2, 0.25) is 10.0 Å². The van der Waals surface area contributed by atoms with Crippen molar-refractivity contribution in [2.45, 2.75) is 19.8 Å². The predicted molar refractivity (Wildman–Crippen MR) is 91.8 cm³/mol. The number of likely N-dealkylation sites (tertiary alicyclic amines) is 1. The highest BCUT2D eigenvalue weighted by molar-refractivity contribution is 6.52. The molecule has 1 aromatic rings. The summed E-state index contributed by atoms with van der Waals surface area (Å²) in [4.78, 5) is 28.2. The van der Waals surface area contributed by atoms with Gasteiger partial charge in [-0.2, -0.15) is 0 Å². The zero-order valence-electron chi connectivity index (χ0n) is 12.5.